The van der Waals surface area contributed by atoms with E-state index < -0.39 is 15.9 Å². The Morgan fingerprint density at radius 2 is 1.62 bits per heavy atom. The zero-order valence-corrected chi connectivity index (χ0v) is 17.2. The standard InChI is InChI=1S/C18H14Cl2N4O4S/c1-28-18-16(21-9-10-22-18)24-29(26,27)12-7-5-11(6-8-12)23-17(25)15-13(19)3-2-4-14(15)20/h2-10H,1H3,(H,21,24)(H,23,25). The molecule has 1 aromatic heterocycles. The largest absolute Gasteiger partial charge is 0.478 e. The molecule has 0 aliphatic rings. The van der Waals surface area contributed by atoms with Gasteiger partial charge >= 0.3 is 0 Å². The van der Waals surface area contributed by atoms with Crippen LogP contribution >= 0.6 is 23.2 Å². The number of halogens is 2. The minimum atomic E-state index is -3.94. The molecule has 2 N–H and O–H groups in total. The first kappa shape index (κ1) is 20.8. The molecule has 1 amide bonds. The van der Waals surface area contributed by atoms with Crippen LogP contribution in [0.5, 0.6) is 5.88 Å². The number of anilines is 2. The van der Waals surface area contributed by atoms with Crippen LogP contribution < -0.4 is 14.8 Å². The van der Waals surface area contributed by atoms with Gasteiger partial charge in [0.05, 0.1) is 27.6 Å². The van der Waals surface area contributed by atoms with E-state index >= 15 is 0 Å². The molecule has 2 aromatic carbocycles. The first-order chi connectivity index (χ1) is 13.8. The van der Waals surface area contributed by atoms with Gasteiger partial charge in [-0.1, -0.05) is 29.3 Å². The Kier molecular flexibility index (Phi) is 6.21. The fourth-order valence-corrected chi connectivity index (χ4v) is 3.93. The first-order valence-electron chi connectivity index (χ1n) is 8.05. The lowest BCUT2D eigenvalue weighted by Crippen LogP contribution is -2.16. The third kappa shape index (κ3) is 4.76. The summed E-state index contributed by atoms with van der Waals surface area (Å²) in [5.41, 5.74) is 0.492. The van der Waals surface area contributed by atoms with Gasteiger partial charge < -0.3 is 10.1 Å². The first-order valence-corrected chi connectivity index (χ1v) is 10.3. The quantitative estimate of drug-likeness (QED) is 0.587. The SMILES string of the molecule is COc1nccnc1NS(=O)(=O)c1ccc(NC(=O)c2c(Cl)cccc2Cl)cc1. The van der Waals surface area contributed by atoms with Crippen LogP contribution in [0.2, 0.25) is 10.0 Å². The number of sulfonamides is 1. The number of hydrogen-bond acceptors (Lipinski definition) is 6. The summed E-state index contributed by atoms with van der Waals surface area (Å²) >= 11 is 12.0. The Balaban J connectivity index is 1.78. The van der Waals surface area contributed by atoms with Gasteiger partial charge in [-0.15, -0.1) is 0 Å². The summed E-state index contributed by atoms with van der Waals surface area (Å²) in [6.07, 6.45) is 2.71. The molecule has 0 saturated carbocycles. The van der Waals surface area contributed by atoms with Gasteiger partial charge in [0, 0.05) is 18.1 Å². The number of ether oxygens (including phenoxy) is 1. The van der Waals surface area contributed by atoms with Crippen molar-refractivity contribution in [1.29, 1.82) is 0 Å². The van der Waals surface area contributed by atoms with E-state index in [1.807, 2.05) is 0 Å². The van der Waals surface area contributed by atoms with Crippen LogP contribution in [0.4, 0.5) is 11.5 Å². The predicted molar refractivity (Wildman–Crippen MR) is 110 cm³/mol. The maximum absolute atomic E-state index is 12.6. The molecular weight excluding hydrogens is 439 g/mol. The van der Waals surface area contributed by atoms with Crippen LogP contribution in [0.15, 0.2) is 59.8 Å². The molecule has 0 saturated heterocycles. The highest BCUT2D eigenvalue weighted by atomic mass is 35.5. The molecule has 11 heteroatoms. The molecule has 29 heavy (non-hydrogen) atoms. The van der Waals surface area contributed by atoms with Crippen LogP contribution in [-0.4, -0.2) is 31.4 Å². The van der Waals surface area contributed by atoms with Crippen molar-refractivity contribution >= 4 is 50.6 Å². The fraction of sp³-hybridized carbons (Fsp3) is 0.0556. The van der Waals surface area contributed by atoms with Crippen LogP contribution in [0.25, 0.3) is 0 Å². The van der Waals surface area contributed by atoms with Gasteiger partial charge in [-0.05, 0) is 36.4 Å². The average molecular weight is 453 g/mol. The predicted octanol–water partition coefficient (Wildman–Crippen LogP) is 3.85. The molecule has 0 fully saturated rings. The molecular formula is C18H14Cl2N4O4S. The number of nitrogens with zero attached hydrogens (tertiary/aromatic N) is 2. The van der Waals surface area contributed by atoms with E-state index in [1.54, 1.807) is 18.2 Å². The number of rotatable bonds is 6. The van der Waals surface area contributed by atoms with E-state index in [-0.39, 0.29) is 32.2 Å². The molecule has 8 nitrogen and oxygen atoms in total. The van der Waals surface area contributed by atoms with E-state index in [2.05, 4.69) is 20.0 Å². The van der Waals surface area contributed by atoms with Gasteiger partial charge in [-0.3, -0.25) is 9.52 Å². The summed E-state index contributed by atoms with van der Waals surface area (Å²) < 4.78 is 32.4. The van der Waals surface area contributed by atoms with Gasteiger partial charge in [0.15, 0.2) is 0 Å². The maximum atomic E-state index is 12.6. The second-order valence-corrected chi connectivity index (χ2v) is 8.09. The van der Waals surface area contributed by atoms with Gasteiger partial charge in [0.25, 0.3) is 21.8 Å². The van der Waals surface area contributed by atoms with Crippen molar-refractivity contribution in [3.63, 3.8) is 0 Å². The zero-order chi connectivity index (χ0) is 21.0. The Morgan fingerprint density at radius 1 is 1.00 bits per heavy atom. The number of nitrogens with one attached hydrogen (secondary N) is 2. The van der Waals surface area contributed by atoms with Crippen LogP contribution in [0.3, 0.4) is 0 Å². The van der Waals surface area contributed by atoms with Crippen LogP contribution in [-0.2, 0) is 10.0 Å². The fourth-order valence-electron chi connectivity index (χ4n) is 2.36. The van der Waals surface area contributed by atoms with Crippen molar-refractivity contribution in [1.82, 2.24) is 9.97 Å². The van der Waals surface area contributed by atoms with Gasteiger partial charge in [-0.25, -0.2) is 18.4 Å². The molecule has 150 valence electrons. The van der Waals surface area contributed by atoms with Crippen LogP contribution in [0.1, 0.15) is 10.4 Å². The third-order valence-electron chi connectivity index (χ3n) is 3.70. The van der Waals surface area contributed by atoms with E-state index in [0.717, 1.165) is 0 Å². The summed E-state index contributed by atoms with van der Waals surface area (Å²) in [6, 6.07) is 10.2. The Bertz CT molecular complexity index is 1130. The molecule has 0 aliphatic heterocycles. The third-order valence-corrected chi connectivity index (χ3v) is 5.69. The molecule has 0 atom stereocenters. The normalized spacial score (nSPS) is 11.0. The summed E-state index contributed by atoms with van der Waals surface area (Å²) in [4.78, 5) is 20.2. The summed E-state index contributed by atoms with van der Waals surface area (Å²) in [6.45, 7) is 0. The molecule has 0 unspecified atom stereocenters. The molecule has 3 rings (SSSR count). The number of methoxy groups -OCH3 is 1. The topological polar surface area (TPSA) is 110 Å². The molecule has 3 aromatic rings. The number of amides is 1. The number of carbonyl (C=O) groups excluding carboxylic acids is 1. The minimum absolute atomic E-state index is 0.0385. The molecule has 0 aliphatic carbocycles. The van der Waals surface area contributed by atoms with Crippen molar-refractivity contribution in [3.8, 4) is 5.88 Å². The maximum Gasteiger partial charge on any atom is 0.263 e. The zero-order valence-electron chi connectivity index (χ0n) is 14.9. The van der Waals surface area contributed by atoms with E-state index in [4.69, 9.17) is 27.9 Å². The summed E-state index contributed by atoms with van der Waals surface area (Å²) in [7, 11) is -2.59. The Morgan fingerprint density at radius 3 is 2.24 bits per heavy atom. The highest BCUT2D eigenvalue weighted by molar-refractivity contribution is 7.92. The lowest BCUT2D eigenvalue weighted by molar-refractivity contribution is 0.102. The second-order valence-electron chi connectivity index (χ2n) is 5.59. The van der Waals surface area contributed by atoms with E-state index in [1.165, 1.54) is 43.8 Å². The average Bonchev–Trinajstić information content (AvgIpc) is 2.68. The molecule has 0 spiro atoms. The van der Waals surface area contributed by atoms with Crippen LogP contribution in [0, 0.1) is 0 Å². The minimum Gasteiger partial charge on any atom is -0.478 e. The Hall–Kier alpha value is -2.88. The highest BCUT2D eigenvalue weighted by Crippen LogP contribution is 2.26. The lowest BCUT2D eigenvalue weighted by Gasteiger charge is -2.11. The smallest absolute Gasteiger partial charge is 0.263 e. The van der Waals surface area contributed by atoms with Gasteiger partial charge in [0.2, 0.25) is 5.82 Å². The summed E-state index contributed by atoms with van der Waals surface area (Å²) in [5.74, 6) is -0.518. The molecule has 0 radical (unpaired) electrons. The van der Waals surface area contributed by atoms with E-state index in [9.17, 15) is 13.2 Å². The second kappa shape index (κ2) is 8.64. The molecule has 1 heterocycles. The number of benzene rings is 2. The Labute approximate surface area is 176 Å². The number of hydrogen-bond donors (Lipinski definition) is 2. The number of aromatic nitrogens is 2. The van der Waals surface area contributed by atoms with Gasteiger partial charge in [0.1, 0.15) is 0 Å². The van der Waals surface area contributed by atoms with Crippen molar-refractivity contribution in [2.75, 3.05) is 17.1 Å². The molecule has 0 bridgehead atoms. The highest BCUT2D eigenvalue weighted by Gasteiger charge is 2.19. The van der Waals surface area contributed by atoms with Crippen molar-refractivity contribution in [3.05, 3.63) is 70.5 Å². The monoisotopic (exact) mass is 452 g/mol. The van der Waals surface area contributed by atoms with Crippen molar-refractivity contribution < 1.29 is 17.9 Å². The van der Waals surface area contributed by atoms with E-state index in [0.29, 0.717) is 5.69 Å². The number of carbonyl (C=O) groups is 1. The van der Waals surface area contributed by atoms with Gasteiger partial charge in [-0.2, -0.15) is 0 Å². The lowest BCUT2D eigenvalue weighted by atomic mass is 10.2. The van der Waals surface area contributed by atoms with Crippen molar-refractivity contribution in [2.24, 2.45) is 0 Å². The van der Waals surface area contributed by atoms with Crippen molar-refractivity contribution in [2.45, 2.75) is 4.90 Å². The summed E-state index contributed by atoms with van der Waals surface area (Å²) in [5, 5.41) is 3.03.